The fourth-order valence-corrected chi connectivity index (χ4v) is 2.98. The number of aromatic nitrogens is 1. The standard InChI is InChI=1S/C13H20N2OS/c1-9(2)13-15-11(8-17-13)12(16)14-10-6-4-3-5-7-10/h8-10H,3-7H2,1-2H3,(H,14,16). The second-order valence-corrected chi connectivity index (χ2v) is 5.92. The molecule has 2 rings (SSSR count). The highest BCUT2D eigenvalue weighted by atomic mass is 32.1. The second-order valence-electron chi connectivity index (χ2n) is 5.03. The molecule has 0 aliphatic heterocycles. The first-order valence-corrected chi connectivity index (χ1v) is 7.31. The van der Waals surface area contributed by atoms with Crippen molar-refractivity contribution in [3.05, 3.63) is 16.1 Å². The molecule has 4 heteroatoms. The van der Waals surface area contributed by atoms with Crippen LogP contribution < -0.4 is 5.32 Å². The van der Waals surface area contributed by atoms with Crippen molar-refractivity contribution in [2.45, 2.75) is 57.9 Å². The van der Waals surface area contributed by atoms with E-state index >= 15 is 0 Å². The third-order valence-corrected chi connectivity index (χ3v) is 4.33. The largest absolute Gasteiger partial charge is 0.348 e. The van der Waals surface area contributed by atoms with Crippen LogP contribution in [-0.2, 0) is 0 Å². The van der Waals surface area contributed by atoms with Crippen molar-refractivity contribution in [3.63, 3.8) is 0 Å². The van der Waals surface area contributed by atoms with Crippen molar-refractivity contribution in [1.82, 2.24) is 10.3 Å². The van der Waals surface area contributed by atoms with E-state index in [0.29, 0.717) is 17.7 Å². The van der Waals surface area contributed by atoms with E-state index < -0.39 is 0 Å². The highest BCUT2D eigenvalue weighted by Gasteiger charge is 2.18. The van der Waals surface area contributed by atoms with Crippen molar-refractivity contribution in [1.29, 1.82) is 0 Å². The molecule has 3 nitrogen and oxygen atoms in total. The zero-order valence-corrected chi connectivity index (χ0v) is 11.3. The number of hydrogen-bond donors (Lipinski definition) is 1. The summed E-state index contributed by atoms with van der Waals surface area (Å²) in [6.45, 7) is 4.20. The van der Waals surface area contributed by atoms with Crippen LogP contribution in [-0.4, -0.2) is 16.9 Å². The van der Waals surface area contributed by atoms with Crippen LogP contribution in [0.3, 0.4) is 0 Å². The molecular weight excluding hydrogens is 232 g/mol. The molecule has 0 atom stereocenters. The fraction of sp³-hybridized carbons (Fsp3) is 0.692. The molecule has 0 aromatic carbocycles. The maximum atomic E-state index is 12.0. The molecule has 17 heavy (non-hydrogen) atoms. The van der Waals surface area contributed by atoms with Gasteiger partial charge in [-0.15, -0.1) is 11.3 Å². The normalized spacial score (nSPS) is 17.4. The molecule has 1 N–H and O–H groups in total. The summed E-state index contributed by atoms with van der Waals surface area (Å²) >= 11 is 1.58. The van der Waals surface area contributed by atoms with Gasteiger partial charge in [-0.25, -0.2) is 4.98 Å². The molecule has 0 unspecified atom stereocenters. The maximum absolute atomic E-state index is 12.0. The van der Waals surface area contributed by atoms with Crippen LogP contribution in [0, 0.1) is 0 Å². The van der Waals surface area contributed by atoms with Gasteiger partial charge < -0.3 is 5.32 Å². The summed E-state index contributed by atoms with van der Waals surface area (Å²) in [5.74, 6) is 0.399. The summed E-state index contributed by atoms with van der Waals surface area (Å²) < 4.78 is 0. The van der Waals surface area contributed by atoms with Crippen LogP contribution in [0.25, 0.3) is 0 Å². The predicted octanol–water partition coefficient (Wildman–Crippen LogP) is 3.33. The Bertz CT molecular complexity index is 381. The molecule has 0 spiro atoms. The van der Waals surface area contributed by atoms with Crippen molar-refractivity contribution < 1.29 is 4.79 Å². The van der Waals surface area contributed by atoms with Gasteiger partial charge >= 0.3 is 0 Å². The third kappa shape index (κ3) is 3.28. The molecular formula is C13H20N2OS. The number of nitrogens with one attached hydrogen (secondary N) is 1. The fourth-order valence-electron chi connectivity index (χ4n) is 2.16. The van der Waals surface area contributed by atoms with Crippen molar-refractivity contribution in [3.8, 4) is 0 Å². The first-order valence-electron chi connectivity index (χ1n) is 6.43. The summed E-state index contributed by atoms with van der Waals surface area (Å²) in [5, 5.41) is 6.00. The molecule has 1 saturated carbocycles. The zero-order chi connectivity index (χ0) is 12.3. The third-order valence-electron chi connectivity index (χ3n) is 3.19. The van der Waals surface area contributed by atoms with E-state index in [4.69, 9.17) is 0 Å². The molecule has 0 radical (unpaired) electrons. The minimum absolute atomic E-state index is 0.0000463. The van der Waals surface area contributed by atoms with E-state index in [1.807, 2.05) is 5.38 Å². The van der Waals surface area contributed by atoms with Crippen LogP contribution in [0.2, 0.25) is 0 Å². The van der Waals surface area contributed by atoms with E-state index in [0.717, 1.165) is 17.8 Å². The van der Waals surface area contributed by atoms with Crippen LogP contribution in [0.4, 0.5) is 0 Å². The predicted molar refractivity (Wildman–Crippen MR) is 70.5 cm³/mol. The Morgan fingerprint density at radius 1 is 1.41 bits per heavy atom. The van der Waals surface area contributed by atoms with Crippen LogP contribution >= 0.6 is 11.3 Å². The Balaban J connectivity index is 1.94. The van der Waals surface area contributed by atoms with Gasteiger partial charge in [0.2, 0.25) is 0 Å². The number of rotatable bonds is 3. The summed E-state index contributed by atoms with van der Waals surface area (Å²) in [6.07, 6.45) is 6.01. The molecule has 1 aromatic rings. The highest BCUT2D eigenvalue weighted by molar-refractivity contribution is 7.09. The second kappa shape index (κ2) is 5.63. The molecule has 1 aliphatic carbocycles. The van der Waals surface area contributed by atoms with Crippen LogP contribution in [0.15, 0.2) is 5.38 Å². The van der Waals surface area contributed by atoms with Gasteiger partial charge in [0.15, 0.2) is 0 Å². The quantitative estimate of drug-likeness (QED) is 0.896. The van der Waals surface area contributed by atoms with Gasteiger partial charge in [0.1, 0.15) is 5.69 Å². The number of amides is 1. The minimum atomic E-state index is 0.0000463. The van der Waals surface area contributed by atoms with E-state index in [1.165, 1.54) is 19.3 Å². The zero-order valence-electron chi connectivity index (χ0n) is 10.5. The topological polar surface area (TPSA) is 42.0 Å². The number of thiazole rings is 1. The SMILES string of the molecule is CC(C)c1nc(C(=O)NC2CCCCC2)cs1. The van der Waals surface area contributed by atoms with Gasteiger partial charge in [-0.05, 0) is 12.8 Å². The average molecular weight is 252 g/mol. The van der Waals surface area contributed by atoms with Crippen molar-refractivity contribution in [2.24, 2.45) is 0 Å². The van der Waals surface area contributed by atoms with E-state index in [1.54, 1.807) is 11.3 Å². The van der Waals surface area contributed by atoms with Gasteiger partial charge in [0.25, 0.3) is 5.91 Å². The number of carbonyl (C=O) groups excluding carboxylic acids is 1. The Morgan fingerprint density at radius 3 is 2.71 bits per heavy atom. The molecule has 1 amide bonds. The first kappa shape index (κ1) is 12.6. The Hall–Kier alpha value is -0.900. The van der Waals surface area contributed by atoms with Crippen LogP contribution in [0.1, 0.15) is 67.4 Å². The lowest BCUT2D eigenvalue weighted by Gasteiger charge is -2.22. The summed E-state index contributed by atoms with van der Waals surface area (Å²) in [4.78, 5) is 16.4. The lowest BCUT2D eigenvalue weighted by molar-refractivity contribution is 0.0923. The average Bonchev–Trinajstić information content (AvgIpc) is 2.79. The Morgan fingerprint density at radius 2 is 2.12 bits per heavy atom. The lowest BCUT2D eigenvalue weighted by Crippen LogP contribution is -2.36. The Kier molecular flexibility index (Phi) is 4.15. The van der Waals surface area contributed by atoms with Gasteiger partial charge in [0.05, 0.1) is 5.01 Å². The molecule has 1 fully saturated rings. The highest BCUT2D eigenvalue weighted by Crippen LogP contribution is 2.20. The minimum Gasteiger partial charge on any atom is -0.348 e. The number of nitrogens with zero attached hydrogens (tertiary/aromatic N) is 1. The van der Waals surface area contributed by atoms with E-state index in [9.17, 15) is 4.79 Å². The molecule has 94 valence electrons. The molecule has 1 aliphatic rings. The lowest BCUT2D eigenvalue weighted by atomic mass is 9.95. The van der Waals surface area contributed by atoms with Gasteiger partial charge in [-0.3, -0.25) is 4.79 Å². The monoisotopic (exact) mass is 252 g/mol. The van der Waals surface area contributed by atoms with Crippen molar-refractivity contribution >= 4 is 17.2 Å². The smallest absolute Gasteiger partial charge is 0.270 e. The van der Waals surface area contributed by atoms with Gasteiger partial charge in [-0.1, -0.05) is 33.1 Å². The van der Waals surface area contributed by atoms with Crippen molar-refractivity contribution in [2.75, 3.05) is 0 Å². The Labute approximate surface area is 107 Å². The van der Waals surface area contributed by atoms with E-state index in [-0.39, 0.29) is 5.91 Å². The van der Waals surface area contributed by atoms with Gasteiger partial charge in [0, 0.05) is 17.3 Å². The first-order chi connectivity index (χ1) is 8.16. The van der Waals surface area contributed by atoms with Crippen LogP contribution in [0.5, 0.6) is 0 Å². The molecule has 0 bridgehead atoms. The van der Waals surface area contributed by atoms with Gasteiger partial charge in [-0.2, -0.15) is 0 Å². The molecule has 1 heterocycles. The maximum Gasteiger partial charge on any atom is 0.270 e. The van der Waals surface area contributed by atoms with E-state index in [2.05, 4.69) is 24.1 Å². The summed E-state index contributed by atoms with van der Waals surface area (Å²) in [6, 6.07) is 0.362. The number of hydrogen-bond acceptors (Lipinski definition) is 3. The molecule has 1 aromatic heterocycles. The molecule has 0 saturated heterocycles. The summed E-state index contributed by atoms with van der Waals surface area (Å²) in [7, 11) is 0. The summed E-state index contributed by atoms with van der Waals surface area (Å²) in [5.41, 5.74) is 0.587. The number of carbonyl (C=O) groups is 1.